The third-order valence-electron chi connectivity index (χ3n) is 3.06. The van der Waals surface area contributed by atoms with Crippen molar-refractivity contribution >= 4 is 0 Å². The van der Waals surface area contributed by atoms with Crippen molar-refractivity contribution in [1.82, 2.24) is 0 Å². The van der Waals surface area contributed by atoms with E-state index in [0.717, 1.165) is 19.4 Å². The summed E-state index contributed by atoms with van der Waals surface area (Å²) in [5, 5.41) is 0. The molecule has 17 heavy (non-hydrogen) atoms. The summed E-state index contributed by atoms with van der Waals surface area (Å²) in [5.74, 6) is 0.272. The van der Waals surface area contributed by atoms with Crippen molar-refractivity contribution in [3.8, 4) is 5.75 Å². The van der Waals surface area contributed by atoms with Gasteiger partial charge in [0.1, 0.15) is 6.61 Å². The van der Waals surface area contributed by atoms with Crippen LogP contribution in [0.2, 0.25) is 0 Å². The SMILES string of the molecule is CC(C)c1cccc(OCC2CCCO2)c1F. The first-order chi connectivity index (χ1) is 8.18. The molecule has 2 nitrogen and oxygen atoms in total. The van der Waals surface area contributed by atoms with Crippen LogP contribution < -0.4 is 4.74 Å². The molecule has 1 atom stereocenters. The van der Waals surface area contributed by atoms with Gasteiger partial charge in [-0.05, 0) is 30.4 Å². The van der Waals surface area contributed by atoms with Crippen LogP contribution in [0.4, 0.5) is 4.39 Å². The molecule has 0 bridgehead atoms. The quantitative estimate of drug-likeness (QED) is 0.799. The average molecular weight is 238 g/mol. The summed E-state index contributed by atoms with van der Waals surface area (Å²) in [7, 11) is 0. The third-order valence-corrected chi connectivity index (χ3v) is 3.06. The number of halogens is 1. The predicted molar refractivity (Wildman–Crippen MR) is 65.0 cm³/mol. The molecule has 0 aromatic heterocycles. The molecule has 1 heterocycles. The van der Waals surface area contributed by atoms with E-state index < -0.39 is 0 Å². The molecule has 1 aliphatic rings. The summed E-state index contributed by atoms with van der Waals surface area (Å²) in [5.41, 5.74) is 0.704. The predicted octanol–water partition coefficient (Wildman–Crippen LogP) is 3.51. The van der Waals surface area contributed by atoms with Crippen molar-refractivity contribution < 1.29 is 13.9 Å². The zero-order valence-corrected chi connectivity index (χ0v) is 10.4. The number of hydrogen-bond donors (Lipinski definition) is 0. The summed E-state index contributed by atoms with van der Waals surface area (Å²) in [6.45, 7) is 5.19. The average Bonchev–Trinajstić information content (AvgIpc) is 2.80. The van der Waals surface area contributed by atoms with E-state index >= 15 is 0 Å². The lowest BCUT2D eigenvalue weighted by molar-refractivity contribution is 0.0665. The van der Waals surface area contributed by atoms with Crippen molar-refractivity contribution in [2.75, 3.05) is 13.2 Å². The number of rotatable bonds is 4. The number of benzene rings is 1. The van der Waals surface area contributed by atoms with Gasteiger partial charge in [-0.2, -0.15) is 0 Å². The van der Waals surface area contributed by atoms with Crippen LogP contribution in [0, 0.1) is 5.82 Å². The fourth-order valence-electron chi connectivity index (χ4n) is 2.04. The highest BCUT2D eigenvalue weighted by atomic mass is 19.1. The van der Waals surface area contributed by atoms with E-state index in [-0.39, 0.29) is 17.8 Å². The highest BCUT2D eigenvalue weighted by Gasteiger charge is 2.18. The second kappa shape index (κ2) is 5.50. The summed E-state index contributed by atoms with van der Waals surface area (Å²) >= 11 is 0. The molecule has 0 N–H and O–H groups in total. The first kappa shape index (κ1) is 12.4. The second-order valence-electron chi connectivity index (χ2n) is 4.76. The second-order valence-corrected chi connectivity index (χ2v) is 4.76. The van der Waals surface area contributed by atoms with Gasteiger partial charge in [0, 0.05) is 6.61 Å². The summed E-state index contributed by atoms with van der Waals surface area (Å²) in [6, 6.07) is 5.32. The van der Waals surface area contributed by atoms with Crippen molar-refractivity contribution in [3.63, 3.8) is 0 Å². The van der Waals surface area contributed by atoms with Crippen LogP contribution >= 0.6 is 0 Å². The minimum absolute atomic E-state index is 0.122. The van der Waals surface area contributed by atoms with Crippen LogP contribution in [0.25, 0.3) is 0 Å². The van der Waals surface area contributed by atoms with Gasteiger partial charge in [0.05, 0.1) is 6.10 Å². The monoisotopic (exact) mass is 238 g/mol. The molecule has 0 radical (unpaired) electrons. The van der Waals surface area contributed by atoms with Crippen molar-refractivity contribution in [2.45, 2.75) is 38.7 Å². The molecule has 0 aliphatic carbocycles. The van der Waals surface area contributed by atoms with E-state index in [4.69, 9.17) is 9.47 Å². The molecular formula is C14H19FO2. The van der Waals surface area contributed by atoms with E-state index in [9.17, 15) is 4.39 Å². The smallest absolute Gasteiger partial charge is 0.168 e. The maximum Gasteiger partial charge on any atom is 0.168 e. The van der Waals surface area contributed by atoms with E-state index in [1.165, 1.54) is 0 Å². The molecule has 2 rings (SSSR count). The molecule has 94 valence electrons. The molecule has 0 saturated carbocycles. The Bertz CT molecular complexity index is 370. The zero-order valence-electron chi connectivity index (χ0n) is 10.4. The van der Waals surface area contributed by atoms with Gasteiger partial charge in [0.15, 0.2) is 11.6 Å². The molecule has 1 aromatic carbocycles. The van der Waals surface area contributed by atoms with Gasteiger partial charge in [0.25, 0.3) is 0 Å². The van der Waals surface area contributed by atoms with E-state index in [1.807, 2.05) is 19.9 Å². The highest BCUT2D eigenvalue weighted by molar-refractivity contribution is 5.32. The summed E-state index contributed by atoms with van der Waals surface area (Å²) in [6.07, 6.45) is 2.20. The Balaban J connectivity index is 2.02. The molecule has 1 saturated heterocycles. The lowest BCUT2D eigenvalue weighted by Crippen LogP contribution is -2.17. The topological polar surface area (TPSA) is 18.5 Å². The molecular weight excluding hydrogens is 219 g/mol. The fraction of sp³-hybridized carbons (Fsp3) is 0.571. The zero-order chi connectivity index (χ0) is 12.3. The maximum atomic E-state index is 14.0. The van der Waals surface area contributed by atoms with Gasteiger partial charge in [0.2, 0.25) is 0 Å². The van der Waals surface area contributed by atoms with E-state index in [1.54, 1.807) is 12.1 Å². The minimum atomic E-state index is -0.236. The van der Waals surface area contributed by atoms with Gasteiger partial charge < -0.3 is 9.47 Å². The van der Waals surface area contributed by atoms with Crippen LogP contribution in [0.1, 0.15) is 38.2 Å². The van der Waals surface area contributed by atoms with Gasteiger partial charge in [-0.25, -0.2) is 4.39 Å². The summed E-state index contributed by atoms with van der Waals surface area (Å²) in [4.78, 5) is 0. The van der Waals surface area contributed by atoms with Crippen molar-refractivity contribution in [2.24, 2.45) is 0 Å². The normalized spacial score (nSPS) is 19.9. The molecule has 1 aromatic rings. The minimum Gasteiger partial charge on any atom is -0.488 e. The first-order valence-corrected chi connectivity index (χ1v) is 6.21. The Morgan fingerprint density at radius 3 is 2.94 bits per heavy atom. The summed E-state index contributed by atoms with van der Waals surface area (Å²) < 4.78 is 25.0. The van der Waals surface area contributed by atoms with Gasteiger partial charge in [-0.15, -0.1) is 0 Å². The van der Waals surface area contributed by atoms with Gasteiger partial charge in [-0.1, -0.05) is 26.0 Å². The van der Waals surface area contributed by atoms with Crippen molar-refractivity contribution in [1.29, 1.82) is 0 Å². The Labute approximate surface area is 102 Å². The third kappa shape index (κ3) is 2.97. The molecule has 1 fully saturated rings. The Hall–Kier alpha value is -1.09. The van der Waals surface area contributed by atoms with Gasteiger partial charge >= 0.3 is 0 Å². The molecule has 0 amide bonds. The van der Waals surface area contributed by atoms with Crippen LogP contribution in [0.5, 0.6) is 5.75 Å². The maximum absolute atomic E-state index is 14.0. The largest absolute Gasteiger partial charge is 0.488 e. The van der Waals surface area contributed by atoms with Crippen molar-refractivity contribution in [3.05, 3.63) is 29.6 Å². The number of ether oxygens (including phenoxy) is 2. The lowest BCUT2D eigenvalue weighted by Gasteiger charge is -2.14. The standard InChI is InChI=1S/C14H19FO2/c1-10(2)12-6-3-7-13(14(12)15)17-9-11-5-4-8-16-11/h3,6-7,10-11H,4-5,8-9H2,1-2H3. The van der Waals surface area contributed by atoms with Crippen LogP contribution in [-0.2, 0) is 4.74 Å². The molecule has 3 heteroatoms. The Morgan fingerprint density at radius 1 is 1.47 bits per heavy atom. The van der Waals surface area contributed by atoms with Crippen LogP contribution in [0.3, 0.4) is 0 Å². The lowest BCUT2D eigenvalue weighted by atomic mass is 10.0. The van der Waals surface area contributed by atoms with Gasteiger partial charge in [-0.3, -0.25) is 0 Å². The number of hydrogen-bond acceptors (Lipinski definition) is 2. The molecule has 1 unspecified atom stereocenters. The van der Waals surface area contributed by atoms with E-state index in [0.29, 0.717) is 17.9 Å². The Morgan fingerprint density at radius 2 is 2.29 bits per heavy atom. The molecule has 1 aliphatic heterocycles. The first-order valence-electron chi connectivity index (χ1n) is 6.21. The fourth-order valence-corrected chi connectivity index (χ4v) is 2.04. The van der Waals surface area contributed by atoms with Crippen LogP contribution in [0.15, 0.2) is 18.2 Å². The Kier molecular flexibility index (Phi) is 4.00. The highest BCUT2D eigenvalue weighted by Crippen LogP contribution is 2.26. The van der Waals surface area contributed by atoms with E-state index in [2.05, 4.69) is 0 Å². The molecule has 0 spiro atoms. The van der Waals surface area contributed by atoms with Crippen LogP contribution in [-0.4, -0.2) is 19.3 Å².